The quantitative estimate of drug-likeness (QED) is 0.578. The summed E-state index contributed by atoms with van der Waals surface area (Å²) in [4.78, 5) is 22.1. The third-order valence-corrected chi connectivity index (χ3v) is 3.36. The molecule has 0 aliphatic rings. The third-order valence-electron chi connectivity index (χ3n) is 3.36. The van der Waals surface area contributed by atoms with Gasteiger partial charge in [-0.1, -0.05) is 18.2 Å². The van der Waals surface area contributed by atoms with Gasteiger partial charge in [0.2, 0.25) is 0 Å². The number of nitro groups is 1. The largest absolute Gasteiger partial charge is 0.386 e. The molecule has 2 rings (SSSR count). The van der Waals surface area contributed by atoms with Gasteiger partial charge in [0, 0.05) is 17.8 Å². The number of nitro benzene ring substituents is 1. The van der Waals surface area contributed by atoms with Gasteiger partial charge in [-0.25, -0.2) is 9.18 Å². The molecule has 2 aromatic rings. The van der Waals surface area contributed by atoms with Crippen LogP contribution >= 0.6 is 0 Å². The molecule has 2 atom stereocenters. The zero-order valence-electron chi connectivity index (χ0n) is 12.8. The number of carbonyl (C=O) groups is 1. The first-order chi connectivity index (χ1) is 11.4. The van der Waals surface area contributed by atoms with Gasteiger partial charge in [0.1, 0.15) is 5.82 Å². The van der Waals surface area contributed by atoms with Crippen LogP contribution < -0.4 is 10.6 Å². The Hall–Kier alpha value is -3.00. The predicted octanol–water partition coefficient (Wildman–Crippen LogP) is 2.98. The van der Waals surface area contributed by atoms with Gasteiger partial charge in [0.05, 0.1) is 17.1 Å². The van der Waals surface area contributed by atoms with E-state index in [1.807, 2.05) is 0 Å². The molecule has 0 spiro atoms. The Kier molecular flexibility index (Phi) is 5.43. The summed E-state index contributed by atoms with van der Waals surface area (Å²) in [7, 11) is 0. The van der Waals surface area contributed by atoms with E-state index < -0.39 is 28.9 Å². The van der Waals surface area contributed by atoms with E-state index in [9.17, 15) is 24.4 Å². The summed E-state index contributed by atoms with van der Waals surface area (Å²) in [5, 5.41) is 25.8. The molecule has 0 heterocycles. The molecule has 0 aromatic heterocycles. The number of nitrogens with zero attached hydrogens (tertiary/aromatic N) is 1. The fraction of sp³-hybridized carbons (Fsp3) is 0.188. The summed E-state index contributed by atoms with van der Waals surface area (Å²) < 4.78 is 12.9. The lowest BCUT2D eigenvalue weighted by Crippen LogP contribution is -2.39. The second-order valence-electron chi connectivity index (χ2n) is 5.19. The average molecular weight is 333 g/mol. The SMILES string of the molecule is CC(NC(=O)Nc1cccc([N+](=O)[O-])c1)C(O)c1ccc(F)cc1. The van der Waals surface area contributed by atoms with Gasteiger partial charge >= 0.3 is 6.03 Å². The smallest absolute Gasteiger partial charge is 0.319 e. The fourth-order valence-corrected chi connectivity index (χ4v) is 2.10. The standard InChI is InChI=1S/C16H16FN3O4/c1-10(15(21)11-5-7-12(17)8-6-11)18-16(22)19-13-3-2-4-14(9-13)20(23)24/h2-10,15,21H,1H3,(H2,18,19,22). The number of urea groups is 1. The lowest BCUT2D eigenvalue weighted by molar-refractivity contribution is -0.384. The molecule has 0 radical (unpaired) electrons. The van der Waals surface area contributed by atoms with Gasteiger partial charge in [0.25, 0.3) is 5.69 Å². The van der Waals surface area contributed by atoms with Crippen molar-refractivity contribution in [2.24, 2.45) is 0 Å². The van der Waals surface area contributed by atoms with E-state index in [-0.39, 0.29) is 11.4 Å². The average Bonchev–Trinajstić information content (AvgIpc) is 2.55. The highest BCUT2D eigenvalue weighted by atomic mass is 19.1. The Morgan fingerprint density at radius 2 is 1.92 bits per heavy atom. The van der Waals surface area contributed by atoms with Crippen LogP contribution in [-0.4, -0.2) is 22.1 Å². The third kappa shape index (κ3) is 4.50. The molecule has 24 heavy (non-hydrogen) atoms. The normalized spacial score (nSPS) is 13.0. The molecular formula is C16H16FN3O4. The molecule has 2 unspecified atom stereocenters. The van der Waals surface area contributed by atoms with Gasteiger partial charge in [0.15, 0.2) is 0 Å². The van der Waals surface area contributed by atoms with Crippen molar-refractivity contribution in [1.29, 1.82) is 0 Å². The Balaban J connectivity index is 1.97. The first-order valence-corrected chi connectivity index (χ1v) is 7.12. The maximum atomic E-state index is 12.9. The molecule has 7 nitrogen and oxygen atoms in total. The van der Waals surface area contributed by atoms with Crippen molar-refractivity contribution in [1.82, 2.24) is 5.32 Å². The van der Waals surface area contributed by atoms with Crippen molar-refractivity contribution in [3.8, 4) is 0 Å². The molecule has 0 fully saturated rings. The zero-order chi connectivity index (χ0) is 17.7. The number of amides is 2. The summed E-state index contributed by atoms with van der Waals surface area (Å²) in [6.07, 6.45) is -1.03. The van der Waals surface area contributed by atoms with Crippen LogP contribution in [0.15, 0.2) is 48.5 Å². The molecule has 8 heteroatoms. The molecule has 3 N–H and O–H groups in total. The number of anilines is 1. The van der Waals surface area contributed by atoms with Crippen LogP contribution in [-0.2, 0) is 0 Å². The molecule has 0 saturated heterocycles. The zero-order valence-corrected chi connectivity index (χ0v) is 12.8. The molecule has 0 aliphatic carbocycles. The molecule has 2 amide bonds. The van der Waals surface area contributed by atoms with Gasteiger partial charge in [-0.2, -0.15) is 0 Å². The second-order valence-corrected chi connectivity index (χ2v) is 5.19. The van der Waals surface area contributed by atoms with Crippen LogP contribution in [0.1, 0.15) is 18.6 Å². The van der Waals surface area contributed by atoms with Crippen LogP contribution in [0, 0.1) is 15.9 Å². The number of non-ortho nitro benzene ring substituents is 1. The number of hydrogen-bond donors (Lipinski definition) is 3. The number of aliphatic hydroxyl groups is 1. The topological polar surface area (TPSA) is 104 Å². The summed E-state index contributed by atoms with van der Waals surface area (Å²) in [5.74, 6) is -0.421. The first kappa shape index (κ1) is 17.4. The van der Waals surface area contributed by atoms with Gasteiger partial charge in [-0.05, 0) is 30.7 Å². The van der Waals surface area contributed by atoms with E-state index in [0.717, 1.165) is 0 Å². The van der Waals surface area contributed by atoms with E-state index in [1.54, 1.807) is 6.92 Å². The van der Waals surface area contributed by atoms with E-state index >= 15 is 0 Å². The van der Waals surface area contributed by atoms with Crippen LogP contribution in [0.25, 0.3) is 0 Å². The van der Waals surface area contributed by atoms with Gasteiger partial charge in [-0.3, -0.25) is 10.1 Å². The Morgan fingerprint density at radius 3 is 2.54 bits per heavy atom. The Bertz CT molecular complexity index is 736. The van der Waals surface area contributed by atoms with Crippen molar-refractivity contribution >= 4 is 17.4 Å². The molecule has 126 valence electrons. The lowest BCUT2D eigenvalue weighted by Gasteiger charge is -2.21. The number of hydrogen-bond acceptors (Lipinski definition) is 4. The van der Waals surface area contributed by atoms with Crippen molar-refractivity contribution < 1.29 is 19.2 Å². The van der Waals surface area contributed by atoms with Crippen molar-refractivity contribution in [2.45, 2.75) is 19.1 Å². The summed E-state index contributed by atoms with van der Waals surface area (Å²) in [5.41, 5.74) is 0.567. The fourth-order valence-electron chi connectivity index (χ4n) is 2.10. The minimum absolute atomic E-state index is 0.146. The highest BCUT2D eigenvalue weighted by Gasteiger charge is 2.19. The molecule has 0 saturated carbocycles. The highest BCUT2D eigenvalue weighted by molar-refractivity contribution is 5.89. The molecule has 2 aromatic carbocycles. The van der Waals surface area contributed by atoms with Crippen LogP contribution in [0.4, 0.5) is 20.6 Å². The number of rotatable bonds is 5. The van der Waals surface area contributed by atoms with Crippen LogP contribution in [0.2, 0.25) is 0 Å². The number of benzene rings is 2. The number of nitrogens with one attached hydrogen (secondary N) is 2. The van der Waals surface area contributed by atoms with E-state index in [0.29, 0.717) is 5.56 Å². The number of aliphatic hydroxyl groups excluding tert-OH is 1. The monoisotopic (exact) mass is 333 g/mol. The van der Waals surface area contributed by atoms with Crippen LogP contribution in [0.5, 0.6) is 0 Å². The summed E-state index contributed by atoms with van der Waals surface area (Å²) in [6.45, 7) is 1.58. The molecular weight excluding hydrogens is 317 g/mol. The molecule has 0 aliphatic heterocycles. The predicted molar refractivity (Wildman–Crippen MR) is 86.1 cm³/mol. The van der Waals surface area contributed by atoms with Crippen LogP contribution in [0.3, 0.4) is 0 Å². The Morgan fingerprint density at radius 1 is 1.25 bits per heavy atom. The van der Waals surface area contributed by atoms with E-state index in [2.05, 4.69) is 10.6 Å². The van der Waals surface area contributed by atoms with Crippen molar-refractivity contribution in [3.05, 3.63) is 70.0 Å². The highest BCUT2D eigenvalue weighted by Crippen LogP contribution is 2.19. The minimum Gasteiger partial charge on any atom is -0.386 e. The first-order valence-electron chi connectivity index (χ1n) is 7.12. The minimum atomic E-state index is -1.03. The Labute approximate surface area is 137 Å². The lowest BCUT2D eigenvalue weighted by atomic mass is 10.0. The van der Waals surface area contributed by atoms with Gasteiger partial charge in [-0.15, -0.1) is 0 Å². The van der Waals surface area contributed by atoms with Crippen molar-refractivity contribution in [2.75, 3.05) is 5.32 Å². The van der Waals surface area contributed by atoms with Crippen molar-refractivity contribution in [3.63, 3.8) is 0 Å². The second kappa shape index (κ2) is 7.51. The summed E-state index contributed by atoms with van der Waals surface area (Å²) >= 11 is 0. The van der Waals surface area contributed by atoms with E-state index in [4.69, 9.17) is 0 Å². The molecule has 0 bridgehead atoms. The maximum Gasteiger partial charge on any atom is 0.319 e. The van der Waals surface area contributed by atoms with E-state index in [1.165, 1.54) is 48.5 Å². The summed E-state index contributed by atoms with van der Waals surface area (Å²) in [6, 6.07) is 9.50. The van der Waals surface area contributed by atoms with Gasteiger partial charge < -0.3 is 15.7 Å². The number of halogens is 1. The maximum absolute atomic E-state index is 12.9. The number of carbonyl (C=O) groups excluding carboxylic acids is 1.